The third kappa shape index (κ3) is 3.94. The van der Waals surface area contributed by atoms with Crippen molar-refractivity contribution < 1.29 is 4.79 Å². The highest BCUT2D eigenvalue weighted by atomic mass is 79.9. The van der Waals surface area contributed by atoms with Crippen molar-refractivity contribution in [3.8, 4) is 0 Å². The second kappa shape index (κ2) is 6.73. The van der Waals surface area contributed by atoms with E-state index >= 15 is 0 Å². The summed E-state index contributed by atoms with van der Waals surface area (Å²) in [5.74, 6) is 0.160. The summed E-state index contributed by atoms with van der Waals surface area (Å²) in [7, 11) is 2.08. The van der Waals surface area contributed by atoms with E-state index in [1.165, 1.54) is 0 Å². The molecule has 1 aromatic rings. The molecule has 1 aliphatic heterocycles. The maximum Gasteiger partial charge on any atom is 0.236 e. The number of nitrogens with zero attached hydrogens (tertiary/aromatic N) is 2. The van der Waals surface area contributed by atoms with E-state index in [4.69, 9.17) is 11.6 Å². The topological polar surface area (TPSA) is 23.6 Å². The van der Waals surface area contributed by atoms with Gasteiger partial charge in [-0.3, -0.25) is 4.79 Å². The van der Waals surface area contributed by atoms with Crippen LogP contribution in [0.5, 0.6) is 0 Å². The number of piperazine rings is 1. The van der Waals surface area contributed by atoms with Crippen LogP contribution in [0.3, 0.4) is 0 Å². The van der Waals surface area contributed by atoms with Gasteiger partial charge in [-0.2, -0.15) is 0 Å². The molecule has 0 spiro atoms. The molecule has 0 N–H and O–H groups in total. The minimum atomic E-state index is -0.198. The minimum absolute atomic E-state index is 0.160. The van der Waals surface area contributed by atoms with Crippen LogP contribution in [-0.4, -0.2) is 53.8 Å². The van der Waals surface area contributed by atoms with Gasteiger partial charge in [0.1, 0.15) is 0 Å². The van der Waals surface area contributed by atoms with E-state index in [2.05, 4.69) is 27.9 Å². The molecule has 1 amide bonds. The molecule has 104 valence electrons. The molecule has 2 rings (SSSR count). The van der Waals surface area contributed by atoms with E-state index in [1.807, 2.05) is 29.2 Å². The summed E-state index contributed by atoms with van der Waals surface area (Å²) in [5, 5.41) is 0.720. The van der Waals surface area contributed by atoms with Crippen LogP contribution >= 0.6 is 27.5 Å². The number of carbonyl (C=O) groups excluding carboxylic acids is 1. The third-order valence-electron chi connectivity index (χ3n) is 3.44. The molecular formula is C14H18BrClN2O. The first-order valence-corrected chi connectivity index (χ1v) is 7.72. The maximum atomic E-state index is 12.3. The number of benzene rings is 1. The summed E-state index contributed by atoms with van der Waals surface area (Å²) in [6.07, 6.45) is 0.630. The number of alkyl halides is 1. The van der Waals surface area contributed by atoms with Crippen LogP contribution < -0.4 is 0 Å². The van der Waals surface area contributed by atoms with E-state index in [0.717, 1.165) is 36.8 Å². The SMILES string of the molecule is CN1CCN(C(=O)C(Br)Cc2ccccc2Cl)CC1. The Labute approximate surface area is 127 Å². The van der Waals surface area contributed by atoms with Crippen LogP contribution in [0.25, 0.3) is 0 Å². The van der Waals surface area contributed by atoms with Crippen molar-refractivity contribution in [2.45, 2.75) is 11.2 Å². The lowest BCUT2D eigenvalue weighted by Crippen LogP contribution is -2.49. The largest absolute Gasteiger partial charge is 0.339 e. The zero-order valence-electron chi connectivity index (χ0n) is 11.0. The quantitative estimate of drug-likeness (QED) is 0.786. The van der Waals surface area contributed by atoms with Crippen molar-refractivity contribution in [2.24, 2.45) is 0 Å². The van der Waals surface area contributed by atoms with Crippen molar-refractivity contribution in [1.82, 2.24) is 9.80 Å². The van der Waals surface area contributed by atoms with Crippen LogP contribution in [0, 0.1) is 0 Å². The van der Waals surface area contributed by atoms with Crippen molar-refractivity contribution in [3.63, 3.8) is 0 Å². The summed E-state index contributed by atoms with van der Waals surface area (Å²) in [6.45, 7) is 3.50. The molecule has 1 aromatic carbocycles. The first-order chi connectivity index (χ1) is 9.08. The summed E-state index contributed by atoms with van der Waals surface area (Å²) in [6, 6.07) is 7.67. The van der Waals surface area contributed by atoms with Gasteiger partial charge < -0.3 is 9.80 Å². The molecule has 19 heavy (non-hydrogen) atoms. The highest BCUT2D eigenvalue weighted by molar-refractivity contribution is 9.10. The summed E-state index contributed by atoms with van der Waals surface area (Å²) in [5.41, 5.74) is 1.01. The van der Waals surface area contributed by atoms with Crippen molar-refractivity contribution >= 4 is 33.4 Å². The lowest BCUT2D eigenvalue weighted by molar-refractivity contribution is -0.132. The zero-order valence-corrected chi connectivity index (χ0v) is 13.3. The molecule has 1 heterocycles. The van der Waals surface area contributed by atoms with Crippen LogP contribution in [0.15, 0.2) is 24.3 Å². The van der Waals surface area contributed by atoms with Gasteiger partial charge in [0, 0.05) is 31.2 Å². The molecule has 3 nitrogen and oxygen atoms in total. The van der Waals surface area contributed by atoms with Gasteiger partial charge >= 0.3 is 0 Å². The highest BCUT2D eigenvalue weighted by Gasteiger charge is 2.25. The predicted molar refractivity (Wildman–Crippen MR) is 81.9 cm³/mol. The van der Waals surface area contributed by atoms with Crippen molar-refractivity contribution in [1.29, 1.82) is 0 Å². The second-order valence-electron chi connectivity index (χ2n) is 4.89. The predicted octanol–water partition coefficient (Wildman–Crippen LogP) is 2.42. The Morgan fingerprint density at radius 3 is 2.58 bits per heavy atom. The first-order valence-electron chi connectivity index (χ1n) is 6.42. The monoisotopic (exact) mass is 344 g/mol. The fourth-order valence-corrected chi connectivity index (χ4v) is 3.02. The fraction of sp³-hybridized carbons (Fsp3) is 0.500. The van der Waals surface area contributed by atoms with Crippen molar-refractivity contribution in [2.75, 3.05) is 33.2 Å². The molecule has 0 saturated carbocycles. The summed E-state index contributed by atoms with van der Waals surface area (Å²) >= 11 is 9.63. The van der Waals surface area contributed by atoms with E-state index < -0.39 is 0 Å². The maximum absolute atomic E-state index is 12.3. The van der Waals surface area contributed by atoms with Gasteiger partial charge in [0.2, 0.25) is 5.91 Å². The number of carbonyl (C=O) groups is 1. The Balaban J connectivity index is 1.94. The summed E-state index contributed by atoms with van der Waals surface area (Å²) < 4.78 is 0. The standard InChI is InChI=1S/C14H18BrClN2O/c1-17-6-8-18(9-7-17)14(19)12(15)10-11-4-2-3-5-13(11)16/h2-5,12H,6-10H2,1H3. The van der Waals surface area contributed by atoms with Crippen molar-refractivity contribution in [3.05, 3.63) is 34.9 Å². The minimum Gasteiger partial charge on any atom is -0.339 e. The fourth-order valence-electron chi connectivity index (χ4n) is 2.17. The Bertz CT molecular complexity index is 447. The van der Waals surface area contributed by atoms with E-state index in [9.17, 15) is 4.79 Å². The van der Waals surface area contributed by atoms with E-state index in [1.54, 1.807) is 0 Å². The van der Waals surface area contributed by atoms with Crippen LogP contribution in [0.4, 0.5) is 0 Å². The normalized spacial score (nSPS) is 18.4. The average molecular weight is 346 g/mol. The van der Waals surface area contributed by atoms with Crippen LogP contribution in [-0.2, 0) is 11.2 Å². The molecule has 1 aliphatic rings. The Kier molecular flexibility index (Phi) is 5.25. The second-order valence-corrected chi connectivity index (χ2v) is 6.40. The number of rotatable bonds is 3. The third-order valence-corrected chi connectivity index (χ3v) is 4.52. The Morgan fingerprint density at radius 1 is 1.32 bits per heavy atom. The van der Waals surface area contributed by atoms with Crippen LogP contribution in [0.2, 0.25) is 5.02 Å². The number of amides is 1. The van der Waals surface area contributed by atoms with Gasteiger partial charge in [-0.25, -0.2) is 0 Å². The number of halogens is 2. The number of hydrogen-bond acceptors (Lipinski definition) is 2. The number of hydrogen-bond donors (Lipinski definition) is 0. The molecule has 0 aliphatic carbocycles. The molecular weight excluding hydrogens is 328 g/mol. The Morgan fingerprint density at radius 2 is 1.95 bits per heavy atom. The van der Waals surface area contributed by atoms with E-state index in [0.29, 0.717) is 6.42 Å². The molecule has 0 bridgehead atoms. The van der Waals surface area contributed by atoms with Crippen LogP contribution in [0.1, 0.15) is 5.56 Å². The lowest BCUT2D eigenvalue weighted by atomic mass is 10.1. The van der Waals surface area contributed by atoms with Gasteiger partial charge in [-0.05, 0) is 25.1 Å². The molecule has 1 unspecified atom stereocenters. The Hall–Kier alpha value is -0.580. The van der Waals surface area contributed by atoms with Gasteiger partial charge in [-0.15, -0.1) is 0 Å². The van der Waals surface area contributed by atoms with Gasteiger partial charge in [0.25, 0.3) is 0 Å². The highest BCUT2D eigenvalue weighted by Crippen LogP contribution is 2.20. The average Bonchev–Trinajstić information content (AvgIpc) is 2.41. The zero-order chi connectivity index (χ0) is 13.8. The van der Waals surface area contributed by atoms with Gasteiger partial charge in [-0.1, -0.05) is 45.7 Å². The molecule has 5 heteroatoms. The smallest absolute Gasteiger partial charge is 0.236 e. The molecule has 1 atom stereocenters. The lowest BCUT2D eigenvalue weighted by Gasteiger charge is -2.33. The first kappa shape index (κ1) is 14.8. The molecule has 0 aromatic heterocycles. The van der Waals surface area contributed by atoms with E-state index in [-0.39, 0.29) is 10.7 Å². The van der Waals surface area contributed by atoms with Gasteiger partial charge in [0.15, 0.2) is 0 Å². The molecule has 0 radical (unpaired) electrons. The summed E-state index contributed by atoms with van der Waals surface area (Å²) in [4.78, 5) is 16.3. The molecule has 1 fully saturated rings. The molecule has 1 saturated heterocycles. The number of likely N-dealkylation sites (N-methyl/N-ethyl adjacent to an activating group) is 1. The van der Waals surface area contributed by atoms with Gasteiger partial charge in [0.05, 0.1) is 4.83 Å².